The number of carbonyl (C=O) groups excluding carboxylic acids is 3. The number of benzene rings is 3. The average molecular weight is 355 g/mol. The average Bonchev–Trinajstić information content (AvgIpc) is 2.92. The van der Waals surface area contributed by atoms with Gasteiger partial charge in [-0.15, -0.1) is 0 Å². The van der Waals surface area contributed by atoms with Gasteiger partial charge in [-0.1, -0.05) is 72.8 Å². The summed E-state index contributed by atoms with van der Waals surface area (Å²) in [5.41, 5.74) is 0.391. The molecule has 0 saturated heterocycles. The molecule has 0 saturated carbocycles. The van der Waals surface area contributed by atoms with Gasteiger partial charge in [0.15, 0.2) is 11.6 Å². The maximum atomic E-state index is 13.3. The van der Waals surface area contributed by atoms with Crippen molar-refractivity contribution in [1.29, 1.82) is 0 Å². The van der Waals surface area contributed by atoms with Gasteiger partial charge in [-0.25, -0.2) is 0 Å². The van der Waals surface area contributed by atoms with Gasteiger partial charge in [0.2, 0.25) is 5.91 Å². The molecule has 1 amide bonds. The Kier molecular flexibility index (Phi) is 4.16. The molecule has 4 heteroatoms. The minimum Gasteiger partial charge on any atom is -0.326 e. The maximum Gasteiger partial charge on any atom is 0.226 e. The van der Waals surface area contributed by atoms with Crippen molar-refractivity contribution >= 4 is 23.2 Å². The number of anilines is 1. The highest BCUT2D eigenvalue weighted by atomic mass is 16.2. The van der Waals surface area contributed by atoms with Crippen molar-refractivity contribution in [3.05, 3.63) is 102 Å². The summed E-state index contributed by atoms with van der Waals surface area (Å²) in [5.74, 6) is -1.02. The molecular formula is C23H17NO3. The molecule has 0 atom stereocenters. The van der Waals surface area contributed by atoms with E-state index in [-0.39, 0.29) is 23.9 Å². The molecule has 1 aliphatic rings. The van der Waals surface area contributed by atoms with Gasteiger partial charge in [-0.2, -0.15) is 0 Å². The van der Waals surface area contributed by atoms with Crippen LogP contribution in [0.4, 0.5) is 5.69 Å². The lowest BCUT2D eigenvalue weighted by atomic mass is 9.73. The van der Waals surface area contributed by atoms with Crippen LogP contribution in [0.2, 0.25) is 0 Å². The number of Topliss-reactive ketones (excluding diaryl/α,β-unsaturated/α-hetero) is 2. The molecule has 4 rings (SSSR count). The Hall–Kier alpha value is -3.53. The molecule has 0 spiro atoms. The second-order valence-corrected chi connectivity index (χ2v) is 6.57. The van der Waals surface area contributed by atoms with Crippen LogP contribution in [0.3, 0.4) is 0 Å². The van der Waals surface area contributed by atoms with Crippen molar-refractivity contribution in [2.75, 3.05) is 5.32 Å². The van der Waals surface area contributed by atoms with E-state index in [0.29, 0.717) is 22.4 Å². The molecule has 3 aromatic rings. The summed E-state index contributed by atoms with van der Waals surface area (Å²) in [6, 6.07) is 24.6. The van der Waals surface area contributed by atoms with E-state index in [0.717, 1.165) is 0 Å². The Bertz CT molecular complexity index is 991. The number of amides is 1. The highest BCUT2D eigenvalue weighted by Crippen LogP contribution is 2.42. The van der Waals surface area contributed by atoms with Crippen molar-refractivity contribution < 1.29 is 14.4 Å². The van der Waals surface area contributed by atoms with Crippen LogP contribution in [-0.2, 0) is 10.2 Å². The lowest BCUT2D eigenvalue weighted by molar-refractivity contribution is -0.116. The van der Waals surface area contributed by atoms with E-state index in [1.165, 1.54) is 0 Å². The molecule has 0 unspecified atom stereocenters. The van der Waals surface area contributed by atoms with Crippen LogP contribution in [-0.4, -0.2) is 17.5 Å². The van der Waals surface area contributed by atoms with Crippen molar-refractivity contribution in [1.82, 2.24) is 0 Å². The standard InChI is InChI=1S/C23H17NO3/c25-20(24-17-11-5-2-6-12-17)15-23(16-9-3-1-4-10-16)21(26)18-13-7-8-14-19(18)22(23)27/h1-14H,15H2,(H,24,25). The van der Waals surface area contributed by atoms with E-state index in [1.807, 2.05) is 24.3 Å². The largest absolute Gasteiger partial charge is 0.326 e. The number of carbonyl (C=O) groups is 3. The van der Waals surface area contributed by atoms with E-state index < -0.39 is 5.41 Å². The zero-order chi connectivity index (χ0) is 18.9. The first-order valence-corrected chi connectivity index (χ1v) is 8.72. The molecule has 0 fully saturated rings. The molecule has 132 valence electrons. The fraction of sp³-hybridized carbons (Fsp3) is 0.0870. The summed E-state index contributed by atoms with van der Waals surface area (Å²) in [6.07, 6.45) is -0.238. The van der Waals surface area contributed by atoms with Gasteiger partial charge in [0, 0.05) is 16.8 Å². The monoisotopic (exact) mass is 355 g/mol. The Labute approximate surface area is 156 Å². The minimum atomic E-state index is -1.52. The third-order valence-corrected chi connectivity index (χ3v) is 4.94. The number of ketones is 2. The number of nitrogens with one attached hydrogen (secondary N) is 1. The van der Waals surface area contributed by atoms with Gasteiger partial charge >= 0.3 is 0 Å². The topological polar surface area (TPSA) is 63.2 Å². The number of para-hydroxylation sites is 1. The number of rotatable bonds is 4. The van der Waals surface area contributed by atoms with Gasteiger partial charge in [0.1, 0.15) is 5.41 Å². The second-order valence-electron chi connectivity index (χ2n) is 6.57. The lowest BCUT2D eigenvalue weighted by Gasteiger charge is -2.26. The molecule has 3 aromatic carbocycles. The molecule has 0 aliphatic heterocycles. The minimum absolute atomic E-state index is 0.238. The third kappa shape index (κ3) is 2.75. The summed E-state index contributed by atoms with van der Waals surface area (Å²) in [7, 11) is 0. The van der Waals surface area contributed by atoms with Crippen LogP contribution in [0.1, 0.15) is 32.7 Å². The second kappa shape index (κ2) is 6.65. The lowest BCUT2D eigenvalue weighted by Crippen LogP contribution is -2.41. The molecule has 0 aromatic heterocycles. The van der Waals surface area contributed by atoms with Crippen LogP contribution in [0.15, 0.2) is 84.9 Å². The molecule has 4 nitrogen and oxygen atoms in total. The van der Waals surface area contributed by atoms with Crippen LogP contribution in [0.25, 0.3) is 0 Å². The van der Waals surface area contributed by atoms with Crippen LogP contribution in [0.5, 0.6) is 0 Å². The first-order chi connectivity index (χ1) is 13.1. The van der Waals surface area contributed by atoms with E-state index in [1.54, 1.807) is 60.7 Å². The van der Waals surface area contributed by atoms with Gasteiger partial charge in [-0.05, 0) is 17.7 Å². The Morgan fingerprint density at radius 2 is 1.19 bits per heavy atom. The van der Waals surface area contributed by atoms with Crippen LogP contribution < -0.4 is 5.32 Å². The first-order valence-electron chi connectivity index (χ1n) is 8.72. The summed E-state index contributed by atoms with van der Waals surface area (Å²) in [5, 5.41) is 2.79. The molecule has 27 heavy (non-hydrogen) atoms. The number of hydrogen-bond acceptors (Lipinski definition) is 3. The van der Waals surface area contributed by atoms with E-state index in [4.69, 9.17) is 0 Å². The number of fused-ring (bicyclic) bond motifs is 1. The van der Waals surface area contributed by atoms with Crippen molar-refractivity contribution in [2.24, 2.45) is 0 Å². The summed E-state index contributed by atoms with van der Waals surface area (Å²) >= 11 is 0. The van der Waals surface area contributed by atoms with E-state index >= 15 is 0 Å². The predicted octanol–water partition coefficient (Wildman–Crippen LogP) is 4.03. The van der Waals surface area contributed by atoms with E-state index in [2.05, 4.69) is 5.32 Å². The van der Waals surface area contributed by atoms with Crippen molar-refractivity contribution in [3.8, 4) is 0 Å². The highest BCUT2D eigenvalue weighted by Gasteiger charge is 2.55. The fourth-order valence-electron chi connectivity index (χ4n) is 3.66. The van der Waals surface area contributed by atoms with Gasteiger partial charge in [0.25, 0.3) is 0 Å². The smallest absolute Gasteiger partial charge is 0.226 e. The van der Waals surface area contributed by atoms with Crippen LogP contribution >= 0.6 is 0 Å². The highest BCUT2D eigenvalue weighted by molar-refractivity contribution is 6.34. The molecular weight excluding hydrogens is 338 g/mol. The third-order valence-electron chi connectivity index (χ3n) is 4.94. The Balaban J connectivity index is 1.77. The maximum absolute atomic E-state index is 13.3. The normalized spacial score (nSPS) is 14.7. The van der Waals surface area contributed by atoms with Crippen LogP contribution in [0, 0.1) is 0 Å². The zero-order valence-electron chi connectivity index (χ0n) is 14.5. The molecule has 1 aliphatic carbocycles. The number of hydrogen-bond donors (Lipinski definition) is 1. The molecule has 0 radical (unpaired) electrons. The van der Waals surface area contributed by atoms with Gasteiger partial charge in [-0.3, -0.25) is 14.4 Å². The predicted molar refractivity (Wildman–Crippen MR) is 103 cm³/mol. The molecule has 0 bridgehead atoms. The van der Waals surface area contributed by atoms with Gasteiger partial charge in [0.05, 0.1) is 6.42 Å². The molecule has 1 N–H and O–H groups in total. The Morgan fingerprint density at radius 3 is 1.74 bits per heavy atom. The van der Waals surface area contributed by atoms with Crippen molar-refractivity contribution in [2.45, 2.75) is 11.8 Å². The Morgan fingerprint density at radius 1 is 0.704 bits per heavy atom. The summed E-state index contributed by atoms with van der Waals surface area (Å²) < 4.78 is 0. The molecule has 0 heterocycles. The first kappa shape index (κ1) is 16.9. The summed E-state index contributed by atoms with van der Waals surface area (Å²) in [4.78, 5) is 39.4. The summed E-state index contributed by atoms with van der Waals surface area (Å²) in [6.45, 7) is 0. The van der Waals surface area contributed by atoms with E-state index in [9.17, 15) is 14.4 Å². The quantitative estimate of drug-likeness (QED) is 0.719. The SMILES string of the molecule is O=C(CC1(c2ccccc2)C(=O)c2ccccc2C1=O)Nc1ccccc1. The van der Waals surface area contributed by atoms with Gasteiger partial charge < -0.3 is 5.32 Å². The van der Waals surface area contributed by atoms with Crippen molar-refractivity contribution in [3.63, 3.8) is 0 Å². The fourth-order valence-corrected chi connectivity index (χ4v) is 3.66. The zero-order valence-corrected chi connectivity index (χ0v) is 14.5.